The van der Waals surface area contributed by atoms with Gasteiger partial charge in [-0.2, -0.15) is 0 Å². The standard InChI is InChI=1S/C24H17NO4S/c1-27-19-12-15(13-20-23(19)29-14-28-20)11-17(22(26)16-7-3-2-4-8-16)24-25-18-9-5-6-10-21(18)30-24/h2-13H,14H2,1H3/b17-11-. The predicted molar refractivity (Wildman–Crippen MR) is 117 cm³/mol. The number of carbonyl (C=O) groups excluding carboxylic acids is 1. The molecule has 6 heteroatoms. The number of hydrogen-bond donors (Lipinski definition) is 0. The second kappa shape index (κ2) is 7.65. The van der Waals surface area contributed by atoms with Crippen LogP contribution in [0, 0.1) is 0 Å². The van der Waals surface area contributed by atoms with Crippen molar-refractivity contribution in [1.29, 1.82) is 0 Å². The number of allylic oxidation sites excluding steroid dienone is 1. The van der Waals surface area contributed by atoms with Gasteiger partial charge in [-0.3, -0.25) is 4.79 Å². The molecule has 0 bridgehead atoms. The molecule has 148 valence electrons. The van der Waals surface area contributed by atoms with Crippen LogP contribution >= 0.6 is 11.3 Å². The molecule has 3 aromatic carbocycles. The van der Waals surface area contributed by atoms with Gasteiger partial charge in [-0.05, 0) is 35.9 Å². The first-order chi connectivity index (χ1) is 14.7. The number of benzene rings is 3. The topological polar surface area (TPSA) is 57.7 Å². The van der Waals surface area contributed by atoms with E-state index in [-0.39, 0.29) is 12.6 Å². The molecule has 1 aromatic heterocycles. The molecule has 1 aliphatic heterocycles. The monoisotopic (exact) mass is 415 g/mol. The molecule has 0 aliphatic carbocycles. The van der Waals surface area contributed by atoms with E-state index in [0.29, 0.717) is 33.4 Å². The molecule has 0 amide bonds. The number of rotatable bonds is 5. The van der Waals surface area contributed by atoms with Crippen molar-refractivity contribution in [2.75, 3.05) is 13.9 Å². The molecule has 5 nitrogen and oxygen atoms in total. The molecule has 0 unspecified atom stereocenters. The fourth-order valence-electron chi connectivity index (χ4n) is 3.36. The number of para-hydroxylation sites is 1. The van der Waals surface area contributed by atoms with Crippen LogP contribution in [-0.2, 0) is 0 Å². The van der Waals surface area contributed by atoms with E-state index in [9.17, 15) is 4.79 Å². The summed E-state index contributed by atoms with van der Waals surface area (Å²) in [7, 11) is 1.58. The SMILES string of the molecule is COc1cc(/C=C(/C(=O)c2ccccc2)c2nc3ccccc3s2)cc2c1OCO2. The van der Waals surface area contributed by atoms with Crippen LogP contribution in [0.1, 0.15) is 20.9 Å². The molecule has 0 spiro atoms. The Bertz CT molecular complexity index is 1240. The van der Waals surface area contributed by atoms with Crippen molar-refractivity contribution in [3.8, 4) is 17.2 Å². The minimum absolute atomic E-state index is 0.0914. The van der Waals surface area contributed by atoms with Crippen LogP contribution < -0.4 is 14.2 Å². The van der Waals surface area contributed by atoms with Gasteiger partial charge in [0.05, 0.1) is 22.9 Å². The Kier molecular flexibility index (Phi) is 4.69. The largest absolute Gasteiger partial charge is 0.493 e. The van der Waals surface area contributed by atoms with Crippen LogP contribution in [-0.4, -0.2) is 24.7 Å². The number of ketones is 1. The average Bonchev–Trinajstić information content (AvgIpc) is 3.43. The smallest absolute Gasteiger partial charge is 0.231 e. The second-order valence-electron chi connectivity index (χ2n) is 6.70. The Balaban J connectivity index is 1.67. The number of aromatic nitrogens is 1. The molecule has 2 heterocycles. The molecular formula is C24H17NO4S. The van der Waals surface area contributed by atoms with Crippen molar-refractivity contribution in [3.63, 3.8) is 0 Å². The first-order valence-corrected chi connectivity index (χ1v) is 10.2. The van der Waals surface area contributed by atoms with Gasteiger partial charge in [-0.1, -0.05) is 42.5 Å². The lowest BCUT2D eigenvalue weighted by Crippen LogP contribution is -2.02. The lowest BCUT2D eigenvalue weighted by Gasteiger charge is -2.08. The van der Waals surface area contributed by atoms with Crippen molar-refractivity contribution in [2.45, 2.75) is 0 Å². The maximum atomic E-state index is 13.4. The molecule has 0 saturated heterocycles. The highest BCUT2D eigenvalue weighted by Gasteiger charge is 2.22. The van der Waals surface area contributed by atoms with Gasteiger partial charge >= 0.3 is 0 Å². The van der Waals surface area contributed by atoms with Gasteiger partial charge in [0.1, 0.15) is 5.01 Å². The maximum absolute atomic E-state index is 13.4. The van der Waals surface area contributed by atoms with Crippen molar-refractivity contribution in [1.82, 2.24) is 4.98 Å². The molecular weight excluding hydrogens is 398 g/mol. The molecule has 4 aromatic rings. The number of fused-ring (bicyclic) bond motifs is 2. The van der Waals surface area contributed by atoms with Gasteiger partial charge < -0.3 is 14.2 Å². The summed E-state index contributed by atoms with van der Waals surface area (Å²) in [6.07, 6.45) is 1.83. The van der Waals surface area contributed by atoms with Crippen molar-refractivity contribution in [3.05, 3.63) is 82.9 Å². The molecule has 1 aliphatic rings. The molecule has 0 N–H and O–H groups in total. The van der Waals surface area contributed by atoms with Crippen LogP contribution in [0.5, 0.6) is 17.2 Å². The zero-order valence-corrected chi connectivity index (χ0v) is 16.9. The van der Waals surface area contributed by atoms with E-state index >= 15 is 0 Å². The Morgan fingerprint density at radius 2 is 1.87 bits per heavy atom. The Morgan fingerprint density at radius 1 is 1.07 bits per heavy atom. The lowest BCUT2D eigenvalue weighted by molar-refractivity contribution is 0.105. The third kappa shape index (κ3) is 3.31. The summed E-state index contributed by atoms with van der Waals surface area (Å²) in [5, 5.41) is 0.668. The first kappa shape index (κ1) is 18.4. The van der Waals surface area contributed by atoms with Gasteiger partial charge in [0, 0.05) is 5.56 Å². The van der Waals surface area contributed by atoms with Gasteiger partial charge in [-0.25, -0.2) is 4.98 Å². The normalized spacial score (nSPS) is 12.9. The molecule has 30 heavy (non-hydrogen) atoms. The summed E-state index contributed by atoms with van der Waals surface area (Å²) in [5.74, 6) is 1.64. The van der Waals surface area contributed by atoms with Gasteiger partial charge in [0.25, 0.3) is 0 Å². The highest BCUT2D eigenvalue weighted by atomic mass is 32.1. The number of Topliss-reactive ketones (excluding diaryl/α,β-unsaturated/α-hetero) is 1. The predicted octanol–water partition coefficient (Wildman–Crippen LogP) is 5.46. The van der Waals surface area contributed by atoms with Crippen LogP contribution in [0.4, 0.5) is 0 Å². The van der Waals surface area contributed by atoms with Crippen LogP contribution in [0.3, 0.4) is 0 Å². The number of ether oxygens (including phenoxy) is 3. The number of hydrogen-bond acceptors (Lipinski definition) is 6. The number of nitrogens with zero attached hydrogens (tertiary/aromatic N) is 1. The van der Waals surface area contributed by atoms with Crippen LogP contribution in [0.25, 0.3) is 21.9 Å². The van der Waals surface area contributed by atoms with E-state index < -0.39 is 0 Å². The van der Waals surface area contributed by atoms with Gasteiger partial charge in [0.2, 0.25) is 12.5 Å². The van der Waals surface area contributed by atoms with E-state index in [2.05, 4.69) is 0 Å². The Hall–Kier alpha value is -3.64. The van der Waals surface area contributed by atoms with Crippen molar-refractivity contribution < 1.29 is 19.0 Å². The number of methoxy groups -OCH3 is 1. The van der Waals surface area contributed by atoms with Crippen molar-refractivity contribution >= 4 is 39.0 Å². The molecule has 0 atom stereocenters. The van der Waals surface area contributed by atoms with E-state index in [1.807, 2.05) is 72.8 Å². The third-order valence-corrected chi connectivity index (χ3v) is 5.87. The fraction of sp³-hybridized carbons (Fsp3) is 0.0833. The molecule has 5 rings (SSSR count). The summed E-state index contributed by atoms with van der Waals surface area (Å²) >= 11 is 1.50. The lowest BCUT2D eigenvalue weighted by atomic mass is 10.0. The average molecular weight is 415 g/mol. The summed E-state index contributed by atoms with van der Waals surface area (Å²) in [6.45, 7) is 0.145. The van der Waals surface area contributed by atoms with E-state index in [1.165, 1.54) is 11.3 Å². The molecule has 0 fully saturated rings. The van der Waals surface area contributed by atoms with E-state index in [1.54, 1.807) is 7.11 Å². The van der Waals surface area contributed by atoms with Gasteiger partial charge in [0.15, 0.2) is 17.3 Å². The summed E-state index contributed by atoms with van der Waals surface area (Å²) < 4.78 is 17.5. The Labute approximate surface area is 177 Å². The van der Waals surface area contributed by atoms with Crippen molar-refractivity contribution in [2.24, 2.45) is 0 Å². The van der Waals surface area contributed by atoms with E-state index in [0.717, 1.165) is 15.8 Å². The number of carbonyl (C=O) groups is 1. The van der Waals surface area contributed by atoms with Gasteiger partial charge in [-0.15, -0.1) is 11.3 Å². The first-order valence-electron chi connectivity index (χ1n) is 9.38. The van der Waals surface area contributed by atoms with E-state index in [4.69, 9.17) is 19.2 Å². The second-order valence-corrected chi connectivity index (χ2v) is 7.73. The molecule has 0 saturated carbocycles. The zero-order chi connectivity index (χ0) is 20.5. The van der Waals surface area contributed by atoms with Crippen LogP contribution in [0.2, 0.25) is 0 Å². The molecule has 0 radical (unpaired) electrons. The third-order valence-electron chi connectivity index (χ3n) is 4.80. The van der Waals surface area contributed by atoms with Crippen LogP contribution in [0.15, 0.2) is 66.7 Å². The highest BCUT2D eigenvalue weighted by molar-refractivity contribution is 7.20. The summed E-state index contributed by atoms with van der Waals surface area (Å²) in [6, 6.07) is 20.8. The summed E-state index contributed by atoms with van der Waals surface area (Å²) in [4.78, 5) is 18.1. The quantitative estimate of drug-likeness (QED) is 0.320. The fourth-order valence-corrected chi connectivity index (χ4v) is 4.34. The summed E-state index contributed by atoms with van der Waals surface area (Å²) in [5.41, 5.74) is 2.76. The minimum atomic E-state index is -0.0914. The number of thiazole rings is 1. The maximum Gasteiger partial charge on any atom is 0.231 e. The minimum Gasteiger partial charge on any atom is -0.493 e. The highest BCUT2D eigenvalue weighted by Crippen LogP contribution is 2.43. The zero-order valence-electron chi connectivity index (χ0n) is 16.1. The Morgan fingerprint density at radius 3 is 2.67 bits per heavy atom.